The van der Waals surface area contributed by atoms with Crippen LogP contribution in [0.4, 0.5) is 0 Å². The highest BCUT2D eigenvalue weighted by molar-refractivity contribution is 6.30. The Labute approximate surface area is 158 Å². The summed E-state index contributed by atoms with van der Waals surface area (Å²) in [7, 11) is 0. The van der Waals surface area contributed by atoms with Crippen molar-refractivity contribution in [2.75, 3.05) is 26.3 Å². The second-order valence-electron chi connectivity index (χ2n) is 6.99. The summed E-state index contributed by atoms with van der Waals surface area (Å²) in [6, 6.07) is 7.41. The van der Waals surface area contributed by atoms with Crippen LogP contribution in [0, 0.1) is 0 Å². The fraction of sp³-hybridized carbons (Fsp3) is 0.579. The first kappa shape index (κ1) is 17.9. The van der Waals surface area contributed by atoms with Gasteiger partial charge in [-0.25, -0.2) is 0 Å². The van der Waals surface area contributed by atoms with Gasteiger partial charge in [-0.3, -0.25) is 4.90 Å². The molecule has 1 aromatic heterocycles. The monoisotopic (exact) mass is 377 g/mol. The predicted molar refractivity (Wildman–Crippen MR) is 98.0 cm³/mol. The highest BCUT2D eigenvalue weighted by Gasteiger charge is 2.25. The largest absolute Gasteiger partial charge is 0.377 e. The van der Waals surface area contributed by atoms with Crippen molar-refractivity contribution in [1.29, 1.82) is 0 Å². The van der Waals surface area contributed by atoms with Crippen LogP contribution in [0.1, 0.15) is 31.5 Å². The first-order valence-electron chi connectivity index (χ1n) is 9.30. The third-order valence-corrected chi connectivity index (χ3v) is 5.15. The first-order valence-corrected chi connectivity index (χ1v) is 9.68. The van der Waals surface area contributed by atoms with E-state index in [0.29, 0.717) is 35.5 Å². The van der Waals surface area contributed by atoms with Crippen molar-refractivity contribution in [2.24, 2.45) is 0 Å². The molecule has 4 rings (SSSR count). The Balaban J connectivity index is 1.42. The topological polar surface area (TPSA) is 60.6 Å². The molecule has 2 fully saturated rings. The molecule has 6 nitrogen and oxygen atoms in total. The van der Waals surface area contributed by atoms with Gasteiger partial charge in [0.2, 0.25) is 0 Å². The number of rotatable bonds is 7. The molecule has 0 saturated carbocycles. The first-order chi connectivity index (χ1) is 12.8. The third kappa shape index (κ3) is 4.62. The minimum Gasteiger partial charge on any atom is -0.377 e. The lowest BCUT2D eigenvalue weighted by molar-refractivity contribution is 0.0334. The maximum Gasteiger partial charge on any atom is 0.257 e. The van der Waals surface area contributed by atoms with Gasteiger partial charge in [0.05, 0.1) is 18.8 Å². The van der Waals surface area contributed by atoms with Crippen LogP contribution in [0.5, 0.6) is 0 Å². The number of benzene rings is 1. The van der Waals surface area contributed by atoms with Crippen LogP contribution in [0.2, 0.25) is 5.02 Å². The van der Waals surface area contributed by atoms with Gasteiger partial charge < -0.3 is 14.0 Å². The second kappa shape index (κ2) is 8.48. The van der Waals surface area contributed by atoms with E-state index in [1.807, 2.05) is 24.3 Å². The molecule has 140 valence electrons. The Bertz CT molecular complexity index is 676. The van der Waals surface area contributed by atoms with Crippen LogP contribution in [0.15, 0.2) is 28.8 Å². The fourth-order valence-corrected chi connectivity index (χ4v) is 3.71. The molecule has 2 aliphatic heterocycles. The van der Waals surface area contributed by atoms with Gasteiger partial charge in [0.15, 0.2) is 5.82 Å². The van der Waals surface area contributed by atoms with Crippen LogP contribution >= 0.6 is 11.6 Å². The number of ether oxygens (including phenoxy) is 2. The average molecular weight is 378 g/mol. The summed E-state index contributed by atoms with van der Waals surface area (Å²) >= 11 is 5.94. The highest BCUT2D eigenvalue weighted by Crippen LogP contribution is 2.22. The molecule has 0 N–H and O–H groups in total. The molecule has 0 radical (unpaired) electrons. The molecule has 7 heteroatoms. The van der Waals surface area contributed by atoms with Crippen molar-refractivity contribution in [3.8, 4) is 11.5 Å². The standard InChI is InChI=1S/C19H24ClN3O3/c20-15-7-5-14(6-8-15)19-21-18(22-26-19)13-23(11-16-3-1-9-24-16)12-17-4-2-10-25-17/h5-8,16-17H,1-4,9-13H2/t16-,17-/m1/s1. The van der Waals surface area contributed by atoms with Crippen LogP contribution in [-0.2, 0) is 16.0 Å². The molecule has 0 unspecified atom stereocenters. The molecule has 2 saturated heterocycles. The highest BCUT2D eigenvalue weighted by atomic mass is 35.5. The van der Waals surface area contributed by atoms with E-state index >= 15 is 0 Å². The van der Waals surface area contributed by atoms with E-state index < -0.39 is 0 Å². The lowest BCUT2D eigenvalue weighted by Crippen LogP contribution is -2.37. The summed E-state index contributed by atoms with van der Waals surface area (Å²) in [4.78, 5) is 6.89. The quantitative estimate of drug-likeness (QED) is 0.735. The normalized spacial score (nSPS) is 23.2. The van der Waals surface area contributed by atoms with Crippen molar-refractivity contribution >= 4 is 11.6 Å². The maximum atomic E-state index is 5.94. The molecule has 0 spiro atoms. The minimum absolute atomic E-state index is 0.291. The number of hydrogen-bond donors (Lipinski definition) is 0. The summed E-state index contributed by atoms with van der Waals surface area (Å²) in [5.74, 6) is 1.21. The van der Waals surface area contributed by atoms with Crippen molar-refractivity contribution in [3.63, 3.8) is 0 Å². The SMILES string of the molecule is Clc1ccc(-c2nc(CN(C[C@H]3CCCO3)C[C@H]3CCCO3)no2)cc1. The second-order valence-corrected chi connectivity index (χ2v) is 7.42. The Morgan fingerprint density at radius 2 is 1.65 bits per heavy atom. The molecule has 3 heterocycles. The van der Waals surface area contributed by atoms with E-state index in [1.165, 1.54) is 0 Å². The predicted octanol–water partition coefficient (Wildman–Crippen LogP) is 3.55. The summed E-state index contributed by atoms with van der Waals surface area (Å²) in [5, 5.41) is 4.85. The Morgan fingerprint density at radius 3 is 2.23 bits per heavy atom. The maximum absolute atomic E-state index is 5.94. The number of aromatic nitrogens is 2. The molecule has 26 heavy (non-hydrogen) atoms. The zero-order valence-corrected chi connectivity index (χ0v) is 15.5. The van der Waals surface area contributed by atoms with Gasteiger partial charge in [-0.1, -0.05) is 16.8 Å². The fourth-order valence-electron chi connectivity index (χ4n) is 3.58. The third-order valence-electron chi connectivity index (χ3n) is 4.90. The molecule has 0 aliphatic carbocycles. The zero-order valence-electron chi connectivity index (χ0n) is 14.8. The smallest absolute Gasteiger partial charge is 0.257 e. The van der Waals surface area contributed by atoms with Gasteiger partial charge in [0.25, 0.3) is 5.89 Å². The Hall–Kier alpha value is -1.47. The van der Waals surface area contributed by atoms with Gasteiger partial charge in [-0.2, -0.15) is 4.98 Å². The molecular formula is C19H24ClN3O3. The van der Waals surface area contributed by atoms with Gasteiger partial charge in [-0.05, 0) is 49.9 Å². The van der Waals surface area contributed by atoms with Crippen molar-refractivity contribution in [3.05, 3.63) is 35.1 Å². The lowest BCUT2D eigenvalue weighted by atomic mass is 10.2. The van der Waals surface area contributed by atoms with Crippen molar-refractivity contribution < 1.29 is 14.0 Å². The molecule has 2 aliphatic rings. The molecule has 1 aromatic carbocycles. The van der Waals surface area contributed by atoms with Crippen LogP contribution in [0.25, 0.3) is 11.5 Å². The minimum atomic E-state index is 0.291. The Morgan fingerprint density at radius 1 is 1.00 bits per heavy atom. The van der Waals surface area contributed by atoms with E-state index in [9.17, 15) is 0 Å². The Kier molecular flexibility index (Phi) is 5.84. The van der Waals surface area contributed by atoms with Gasteiger partial charge in [0, 0.05) is 36.9 Å². The molecule has 0 amide bonds. The molecular weight excluding hydrogens is 354 g/mol. The van der Waals surface area contributed by atoms with Gasteiger partial charge in [-0.15, -0.1) is 0 Å². The number of halogens is 1. The lowest BCUT2D eigenvalue weighted by Gasteiger charge is -2.26. The number of hydrogen-bond acceptors (Lipinski definition) is 6. The average Bonchev–Trinajstić information content (AvgIpc) is 3.38. The van der Waals surface area contributed by atoms with Crippen LogP contribution in [0.3, 0.4) is 0 Å². The summed E-state index contributed by atoms with van der Waals surface area (Å²) in [5.41, 5.74) is 0.873. The van der Waals surface area contributed by atoms with Gasteiger partial charge >= 0.3 is 0 Å². The van der Waals surface area contributed by atoms with E-state index in [1.54, 1.807) is 0 Å². The molecule has 2 atom stereocenters. The molecule has 0 bridgehead atoms. The van der Waals surface area contributed by atoms with E-state index in [2.05, 4.69) is 15.0 Å². The van der Waals surface area contributed by atoms with Crippen LogP contribution < -0.4 is 0 Å². The van der Waals surface area contributed by atoms with Crippen molar-refractivity contribution in [2.45, 2.75) is 44.4 Å². The van der Waals surface area contributed by atoms with Gasteiger partial charge in [0.1, 0.15) is 0 Å². The van der Waals surface area contributed by atoms with E-state index in [-0.39, 0.29) is 0 Å². The summed E-state index contributed by atoms with van der Waals surface area (Å²) < 4.78 is 17.1. The van der Waals surface area contributed by atoms with E-state index in [4.69, 9.17) is 25.6 Å². The van der Waals surface area contributed by atoms with Crippen molar-refractivity contribution in [1.82, 2.24) is 15.0 Å². The zero-order chi connectivity index (χ0) is 17.8. The summed E-state index contributed by atoms with van der Waals surface area (Å²) in [6.45, 7) is 4.12. The van der Waals surface area contributed by atoms with Crippen LogP contribution in [-0.4, -0.2) is 53.6 Å². The number of nitrogens with zero attached hydrogens (tertiary/aromatic N) is 3. The van der Waals surface area contributed by atoms with E-state index in [0.717, 1.165) is 57.6 Å². The molecule has 2 aromatic rings. The summed E-state index contributed by atoms with van der Waals surface area (Å²) in [6.07, 6.45) is 5.09.